The van der Waals surface area contributed by atoms with Gasteiger partial charge in [0, 0.05) is 43.6 Å². The second-order valence-corrected chi connectivity index (χ2v) is 10.8. The number of piperazine rings is 1. The van der Waals surface area contributed by atoms with Crippen LogP contribution in [0, 0.1) is 13.8 Å². The largest absolute Gasteiger partial charge is 0.496 e. The van der Waals surface area contributed by atoms with Crippen molar-refractivity contribution in [3.63, 3.8) is 0 Å². The molecule has 2 aromatic rings. The molecule has 0 aromatic heterocycles. The fourth-order valence-corrected chi connectivity index (χ4v) is 6.41. The van der Waals surface area contributed by atoms with Gasteiger partial charge in [-0.15, -0.1) is 0 Å². The van der Waals surface area contributed by atoms with Crippen LogP contribution in [0.4, 0.5) is 16.2 Å². The average Bonchev–Trinajstić information content (AvgIpc) is 3.46. The molecule has 2 aliphatic heterocycles. The number of nitrogens with zero attached hydrogens (tertiary/aromatic N) is 3. The van der Waals surface area contributed by atoms with E-state index in [2.05, 4.69) is 53.2 Å². The maximum Gasteiger partial charge on any atom is 0.321 e. The van der Waals surface area contributed by atoms with E-state index < -0.39 is 0 Å². The van der Waals surface area contributed by atoms with Gasteiger partial charge in [0.2, 0.25) is 0 Å². The second-order valence-electron chi connectivity index (χ2n) is 10.8. The summed E-state index contributed by atoms with van der Waals surface area (Å²) in [6.07, 6.45) is 7.83. The summed E-state index contributed by atoms with van der Waals surface area (Å²) < 4.78 is 5.73. The minimum Gasteiger partial charge on any atom is -0.496 e. The zero-order chi connectivity index (χ0) is 25.1. The predicted molar refractivity (Wildman–Crippen MR) is 148 cm³/mol. The van der Waals surface area contributed by atoms with E-state index in [1.54, 1.807) is 7.11 Å². The van der Waals surface area contributed by atoms with E-state index in [9.17, 15) is 4.79 Å². The van der Waals surface area contributed by atoms with Gasteiger partial charge in [-0.05, 0) is 99.5 Å². The summed E-state index contributed by atoms with van der Waals surface area (Å²) in [4.78, 5) is 20.2. The Hall–Kier alpha value is -2.73. The lowest BCUT2D eigenvalue weighted by atomic mass is 9.87. The highest BCUT2D eigenvalue weighted by Crippen LogP contribution is 2.38. The van der Waals surface area contributed by atoms with E-state index >= 15 is 0 Å². The smallest absolute Gasteiger partial charge is 0.321 e. The number of ether oxygens (including phenoxy) is 1. The topological polar surface area (TPSA) is 48.1 Å². The molecule has 1 N–H and O–H groups in total. The Bertz CT molecular complexity index is 1050. The van der Waals surface area contributed by atoms with Gasteiger partial charge >= 0.3 is 6.03 Å². The third-order valence-corrected chi connectivity index (χ3v) is 8.78. The Morgan fingerprint density at radius 2 is 1.64 bits per heavy atom. The minimum absolute atomic E-state index is 0.0113. The van der Waals surface area contributed by atoms with E-state index in [1.165, 1.54) is 61.2 Å². The molecule has 36 heavy (non-hydrogen) atoms. The van der Waals surface area contributed by atoms with Crippen LogP contribution in [0.15, 0.2) is 36.4 Å². The molecule has 0 bridgehead atoms. The van der Waals surface area contributed by atoms with Crippen LogP contribution in [0.5, 0.6) is 5.75 Å². The van der Waals surface area contributed by atoms with Gasteiger partial charge in [-0.3, -0.25) is 0 Å². The van der Waals surface area contributed by atoms with E-state index in [0.717, 1.165) is 56.5 Å². The van der Waals surface area contributed by atoms with Crippen LogP contribution >= 0.6 is 0 Å². The van der Waals surface area contributed by atoms with Crippen molar-refractivity contribution >= 4 is 17.4 Å². The first-order valence-electron chi connectivity index (χ1n) is 13.8. The van der Waals surface area contributed by atoms with E-state index in [-0.39, 0.29) is 6.03 Å². The van der Waals surface area contributed by atoms with Gasteiger partial charge in [0.15, 0.2) is 0 Å². The van der Waals surface area contributed by atoms with Crippen molar-refractivity contribution in [3.05, 3.63) is 53.1 Å². The molecule has 194 valence electrons. The molecule has 0 radical (unpaired) electrons. The van der Waals surface area contributed by atoms with Crippen LogP contribution in [0.3, 0.4) is 0 Å². The lowest BCUT2D eigenvalue weighted by Gasteiger charge is -2.37. The van der Waals surface area contributed by atoms with Gasteiger partial charge in [-0.25, -0.2) is 4.79 Å². The Morgan fingerprint density at radius 1 is 0.917 bits per heavy atom. The molecule has 2 heterocycles. The first-order valence-corrected chi connectivity index (χ1v) is 13.8. The van der Waals surface area contributed by atoms with Crippen molar-refractivity contribution in [2.24, 2.45) is 0 Å². The molecule has 5 rings (SSSR count). The summed E-state index contributed by atoms with van der Waals surface area (Å²) in [7, 11) is 1.75. The summed E-state index contributed by atoms with van der Waals surface area (Å²) >= 11 is 0. The van der Waals surface area contributed by atoms with Crippen LogP contribution in [-0.2, 0) is 0 Å². The first-order chi connectivity index (χ1) is 17.5. The maximum atomic E-state index is 13.1. The molecule has 0 unspecified atom stereocenters. The number of anilines is 2. The van der Waals surface area contributed by atoms with Crippen LogP contribution < -0.4 is 15.0 Å². The lowest BCUT2D eigenvalue weighted by molar-refractivity contribution is 0.153. The number of aryl methyl sites for hydroxylation is 1. The number of hydrogen-bond donors (Lipinski definition) is 1. The standard InChI is InChI=1S/C30H42N4O2/c1-22-7-6-10-28(23(22)2)33-17-19-34(20-18-33)30(35)31-25-11-12-29(36-3)27(21-25)24-13-15-32(16-14-24)26-8-4-5-9-26/h6-7,10-12,21,24,26H,4-5,8-9,13-20H2,1-3H3,(H,31,35). The van der Waals surface area contributed by atoms with Gasteiger partial charge in [-0.2, -0.15) is 0 Å². The highest BCUT2D eigenvalue weighted by Gasteiger charge is 2.29. The Balaban J connectivity index is 1.19. The molecule has 3 aliphatic rings. The predicted octanol–water partition coefficient (Wildman–Crippen LogP) is 5.79. The lowest BCUT2D eigenvalue weighted by Crippen LogP contribution is -2.50. The highest BCUT2D eigenvalue weighted by molar-refractivity contribution is 5.89. The first kappa shape index (κ1) is 24.9. The fourth-order valence-electron chi connectivity index (χ4n) is 6.41. The molecule has 1 saturated carbocycles. The number of urea groups is 1. The summed E-state index contributed by atoms with van der Waals surface area (Å²) in [5.41, 5.74) is 6.03. The third kappa shape index (κ3) is 5.34. The molecule has 0 spiro atoms. The number of benzene rings is 2. The summed E-state index contributed by atoms with van der Waals surface area (Å²) in [6.45, 7) is 9.83. The van der Waals surface area contributed by atoms with Crippen molar-refractivity contribution in [2.45, 2.75) is 64.3 Å². The van der Waals surface area contributed by atoms with Gasteiger partial charge in [0.05, 0.1) is 7.11 Å². The number of methoxy groups -OCH3 is 1. The van der Waals surface area contributed by atoms with Gasteiger partial charge < -0.3 is 24.8 Å². The Morgan fingerprint density at radius 3 is 2.33 bits per heavy atom. The highest BCUT2D eigenvalue weighted by atomic mass is 16.5. The summed E-state index contributed by atoms with van der Waals surface area (Å²) in [5.74, 6) is 1.42. The van der Waals surface area contributed by atoms with Crippen molar-refractivity contribution < 1.29 is 9.53 Å². The molecular formula is C30H42N4O2. The number of rotatable bonds is 5. The van der Waals surface area contributed by atoms with E-state index in [4.69, 9.17) is 4.74 Å². The quantitative estimate of drug-likeness (QED) is 0.576. The van der Waals surface area contributed by atoms with Crippen LogP contribution in [0.2, 0.25) is 0 Å². The fraction of sp³-hybridized carbons (Fsp3) is 0.567. The number of piperidine rings is 1. The molecule has 6 nitrogen and oxygen atoms in total. The molecule has 0 atom stereocenters. The van der Waals surface area contributed by atoms with Crippen LogP contribution in [-0.4, -0.2) is 68.3 Å². The number of carbonyl (C=O) groups excluding carboxylic acids is 1. The van der Waals surface area contributed by atoms with Gasteiger partial charge in [-0.1, -0.05) is 25.0 Å². The van der Waals surface area contributed by atoms with Crippen LogP contribution in [0.25, 0.3) is 0 Å². The average molecular weight is 491 g/mol. The zero-order valence-corrected chi connectivity index (χ0v) is 22.3. The number of nitrogens with one attached hydrogen (secondary N) is 1. The van der Waals surface area contributed by atoms with Gasteiger partial charge in [0.1, 0.15) is 5.75 Å². The van der Waals surface area contributed by atoms with Crippen molar-refractivity contribution in [2.75, 3.05) is 56.6 Å². The normalized spacial score (nSPS) is 20.1. The van der Waals surface area contributed by atoms with Crippen LogP contribution in [0.1, 0.15) is 61.1 Å². The number of likely N-dealkylation sites (tertiary alicyclic amines) is 1. The Labute approximate surface area is 216 Å². The summed E-state index contributed by atoms with van der Waals surface area (Å²) in [5, 5.41) is 3.17. The van der Waals surface area contributed by atoms with E-state index in [0.29, 0.717) is 5.92 Å². The molecule has 6 heteroatoms. The molecule has 3 fully saturated rings. The monoisotopic (exact) mass is 490 g/mol. The molecule has 2 saturated heterocycles. The van der Waals surface area contributed by atoms with Crippen molar-refractivity contribution in [1.29, 1.82) is 0 Å². The molecule has 2 aromatic carbocycles. The maximum absolute atomic E-state index is 13.1. The van der Waals surface area contributed by atoms with Crippen molar-refractivity contribution in [3.8, 4) is 5.75 Å². The number of hydrogen-bond acceptors (Lipinski definition) is 4. The molecular weight excluding hydrogens is 448 g/mol. The van der Waals surface area contributed by atoms with Crippen molar-refractivity contribution in [1.82, 2.24) is 9.80 Å². The van der Waals surface area contributed by atoms with Gasteiger partial charge in [0.25, 0.3) is 0 Å². The summed E-state index contributed by atoms with van der Waals surface area (Å²) in [6, 6.07) is 13.4. The zero-order valence-electron chi connectivity index (χ0n) is 22.3. The molecule has 2 amide bonds. The number of carbonyl (C=O) groups is 1. The second kappa shape index (κ2) is 11.1. The minimum atomic E-state index is -0.0113. The third-order valence-electron chi connectivity index (χ3n) is 8.78. The Kier molecular flexibility index (Phi) is 7.70. The molecule has 1 aliphatic carbocycles. The SMILES string of the molecule is COc1ccc(NC(=O)N2CCN(c3cccc(C)c3C)CC2)cc1C1CCN(C2CCCC2)CC1. The number of amides is 2. The van der Waals surface area contributed by atoms with E-state index in [1.807, 2.05) is 17.0 Å².